The number of rotatable bonds is 3. The van der Waals surface area contributed by atoms with Crippen LogP contribution in [0.3, 0.4) is 0 Å². The molecule has 0 aliphatic rings. The topological polar surface area (TPSA) is 47.8 Å². The second-order valence-electron chi connectivity index (χ2n) is 3.37. The van der Waals surface area contributed by atoms with E-state index in [0.29, 0.717) is 12.1 Å². The zero-order valence-corrected chi connectivity index (χ0v) is 9.41. The first-order valence-corrected chi connectivity index (χ1v) is 5.46. The van der Waals surface area contributed by atoms with Crippen LogP contribution in [0, 0.1) is 6.92 Å². The van der Waals surface area contributed by atoms with Gasteiger partial charge < -0.3 is 0 Å². The summed E-state index contributed by atoms with van der Waals surface area (Å²) in [6.07, 6.45) is 1.95. The molecule has 0 unspecified atom stereocenters. The first-order valence-electron chi connectivity index (χ1n) is 4.58. The molecule has 4 nitrogen and oxygen atoms in total. The smallest absolute Gasteiger partial charge is 0.169 e. The van der Waals surface area contributed by atoms with Crippen LogP contribution < -0.4 is 0 Å². The summed E-state index contributed by atoms with van der Waals surface area (Å²) in [7, 11) is 1.74. The van der Waals surface area contributed by atoms with Gasteiger partial charge in [0.05, 0.1) is 18.3 Å². The third kappa shape index (κ3) is 2.30. The van der Waals surface area contributed by atoms with E-state index < -0.39 is 0 Å². The molecule has 2 heterocycles. The summed E-state index contributed by atoms with van der Waals surface area (Å²) >= 11 is 1.59. The number of thiophene rings is 1. The molecule has 0 radical (unpaired) electrons. The van der Waals surface area contributed by atoms with E-state index in [2.05, 4.69) is 10.2 Å². The van der Waals surface area contributed by atoms with Crippen molar-refractivity contribution in [3.8, 4) is 0 Å². The van der Waals surface area contributed by atoms with Crippen molar-refractivity contribution in [2.45, 2.75) is 13.3 Å². The Morgan fingerprint density at radius 3 is 2.93 bits per heavy atom. The molecular formula is C10H11N3OS. The molecule has 0 atom stereocenters. The lowest BCUT2D eigenvalue weighted by atomic mass is 10.1. The maximum Gasteiger partial charge on any atom is 0.169 e. The summed E-state index contributed by atoms with van der Waals surface area (Å²) in [4.78, 5) is 14.4. The van der Waals surface area contributed by atoms with Crippen molar-refractivity contribution in [1.29, 1.82) is 0 Å². The zero-order valence-electron chi connectivity index (χ0n) is 8.60. The molecule has 0 N–H and O–H groups in total. The standard InChI is InChI=1S/C10H11N3OS/c1-7-3-8(6-15-7)10(14)4-9-5-11-13(2)12-9/h3,5-6H,4H2,1-2H3. The fraction of sp³-hybridized carbons (Fsp3) is 0.300. The van der Waals surface area contributed by atoms with Crippen molar-refractivity contribution in [2.24, 2.45) is 7.05 Å². The third-order valence-corrected chi connectivity index (χ3v) is 2.90. The molecule has 15 heavy (non-hydrogen) atoms. The highest BCUT2D eigenvalue weighted by atomic mass is 32.1. The van der Waals surface area contributed by atoms with Crippen molar-refractivity contribution < 1.29 is 4.79 Å². The van der Waals surface area contributed by atoms with E-state index in [0.717, 1.165) is 10.4 Å². The zero-order chi connectivity index (χ0) is 10.8. The molecule has 0 amide bonds. The Labute approximate surface area is 91.5 Å². The Morgan fingerprint density at radius 1 is 1.60 bits per heavy atom. The molecule has 0 fully saturated rings. The number of Topliss-reactive ketones (excluding diaryl/α,β-unsaturated/α-hetero) is 1. The number of aryl methyl sites for hydroxylation is 2. The maximum absolute atomic E-state index is 11.8. The van der Waals surface area contributed by atoms with Gasteiger partial charge in [-0.05, 0) is 13.0 Å². The van der Waals surface area contributed by atoms with E-state index in [9.17, 15) is 4.79 Å². The summed E-state index contributed by atoms with van der Waals surface area (Å²) in [5.74, 6) is 0.0971. The molecule has 0 aromatic carbocycles. The van der Waals surface area contributed by atoms with E-state index in [1.54, 1.807) is 24.6 Å². The summed E-state index contributed by atoms with van der Waals surface area (Å²) in [6, 6.07) is 1.91. The number of ketones is 1. The minimum absolute atomic E-state index is 0.0971. The average Bonchev–Trinajstić information content (AvgIpc) is 2.75. The van der Waals surface area contributed by atoms with Gasteiger partial charge in [-0.3, -0.25) is 4.79 Å². The fourth-order valence-corrected chi connectivity index (χ4v) is 2.03. The van der Waals surface area contributed by atoms with E-state index in [1.807, 2.05) is 18.4 Å². The van der Waals surface area contributed by atoms with Crippen molar-refractivity contribution >= 4 is 17.1 Å². The van der Waals surface area contributed by atoms with Crippen LogP contribution in [0.5, 0.6) is 0 Å². The molecule has 2 rings (SSSR count). The Kier molecular flexibility index (Phi) is 2.64. The highest BCUT2D eigenvalue weighted by molar-refractivity contribution is 7.10. The van der Waals surface area contributed by atoms with Gasteiger partial charge in [0, 0.05) is 22.9 Å². The van der Waals surface area contributed by atoms with Crippen LogP contribution in [0.15, 0.2) is 17.6 Å². The lowest BCUT2D eigenvalue weighted by Crippen LogP contribution is -2.03. The third-order valence-electron chi connectivity index (χ3n) is 2.04. The molecule has 5 heteroatoms. The second kappa shape index (κ2) is 3.94. The predicted molar refractivity (Wildman–Crippen MR) is 58.1 cm³/mol. The highest BCUT2D eigenvalue weighted by Crippen LogP contribution is 2.14. The first kappa shape index (κ1) is 10.0. The SMILES string of the molecule is Cc1cc(C(=O)Cc2cnn(C)n2)cs1. The van der Waals surface area contributed by atoms with E-state index in [4.69, 9.17) is 0 Å². The normalized spacial score (nSPS) is 10.5. The molecule has 78 valence electrons. The van der Waals surface area contributed by atoms with Crippen molar-refractivity contribution in [3.63, 3.8) is 0 Å². The van der Waals surface area contributed by atoms with Crippen molar-refractivity contribution in [2.75, 3.05) is 0 Å². The van der Waals surface area contributed by atoms with Crippen LogP contribution in [0.1, 0.15) is 20.9 Å². The van der Waals surface area contributed by atoms with Crippen LogP contribution in [0.4, 0.5) is 0 Å². The molecule has 2 aromatic heterocycles. The largest absolute Gasteiger partial charge is 0.294 e. The van der Waals surface area contributed by atoms with Crippen molar-refractivity contribution in [3.05, 3.63) is 33.8 Å². The van der Waals surface area contributed by atoms with Gasteiger partial charge in [0.2, 0.25) is 0 Å². The number of carbonyl (C=O) groups excluding carboxylic acids is 1. The average molecular weight is 221 g/mol. The summed E-state index contributed by atoms with van der Waals surface area (Å²) < 4.78 is 0. The molecule has 0 spiro atoms. The van der Waals surface area contributed by atoms with Gasteiger partial charge in [0.1, 0.15) is 0 Å². The molecule has 2 aromatic rings. The van der Waals surface area contributed by atoms with Gasteiger partial charge >= 0.3 is 0 Å². The summed E-state index contributed by atoms with van der Waals surface area (Å²) in [5.41, 5.74) is 1.48. The van der Waals surface area contributed by atoms with E-state index >= 15 is 0 Å². The van der Waals surface area contributed by atoms with Crippen LogP contribution in [0.2, 0.25) is 0 Å². The number of hydrogen-bond acceptors (Lipinski definition) is 4. The van der Waals surface area contributed by atoms with Gasteiger partial charge in [-0.15, -0.1) is 11.3 Å². The number of carbonyl (C=O) groups is 1. The second-order valence-corrected chi connectivity index (χ2v) is 4.49. The Hall–Kier alpha value is -1.49. The fourth-order valence-electron chi connectivity index (χ4n) is 1.32. The number of nitrogens with zero attached hydrogens (tertiary/aromatic N) is 3. The van der Waals surface area contributed by atoms with Gasteiger partial charge in [0.15, 0.2) is 5.78 Å². The van der Waals surface area contributed by atoms with E-state index in [-0.39, 0.29) is 5.78 Å². The number of aromatic nitrogens is 3. The van der Waals surface area contributed by atoms with Gasteiger partial charge in [-0.25, -0.2) is 0 Å². The minimum Gasteiger partial charge on any atom is -0.294 e. The molecule has 0 bridgehead atoms. The minimum atomic E-state index is 0.0971. The van der Waals surface area contributed by atoms with Crippen molar-refractivity contribution in [1.82, 2.24) is 15.0 Å². The predicted octanol–water partition coefficient (Wildman–Crippen LogP) is 1.61. The van der Waals surface area contributed by atoms with Crippen LogP contribution in [-0.4, -0.2) is 20.8 Å². The Bertz CT molecular complexity index is 486. The van der Waals surface area contributed by atoms with Crippen LogP contribution >= 0.6 is 11.3 Å². The molecule has 0 aliphatic heterocycles. The lowest BCUT2D eigenvalue weighted by molar-refractivity contribution is 0.0992. The Morgan fingerprint density at radius 2 is 2.40 bits per heavy atom. The van der Waals surface area contributed by atoms with Gasteiger partial charge in [-0.1, -0.05) is 0 Å². The molecule has 0 saturated carbocycles. The highest BCUT2D eigenvalue weighted by Gasteiger charge is 2.10. The maximum atomic E-state index is 11.8. The quantitative estimate of drug-likeness (QED) is 0.740. The van der Waals surface area contributed by atoms with Crippen LogP contribution in [0.25, 0.3) is 0 Å². The number of hydrogen-bond donors (Lipinski definition) is 0. The molecular weight excluding hydrogens is 210 g/mol. The van der Waals surface area contributed by atoms with E-state index in [1.165, 1.54) is 4.80 Å². The van der Waals surface area contributed by atoms with Gasteiger partial charge in [0.25, 0.3) is 0 Å². The lowest BCUT2D eigenvalue weighted by Gasteiger charge is -1.92. The van der Waals surface area contributed by atoms with Gasteiger partial charge in [-0.2, -0.15) is 15.0 Å². The monoisotopic (exact) mass is 221 g/mol. The summed E-state index contributed by atoms with van der Waals surface area (Å²) in [5, 5.41) is 9.88. The first-order chi connectivity index (χ1) is 7.15. The summed E-state index contributed by atoms with van der Waals surface area (Å²) in [6.45, 7) is 1.99. The molecule has 0 aliphatic carbocycles. The van der Waals surface area contributed by atoms with Crippen LogP contribution in [-0.2, 0) is 13.5 Å². The molecule has 0 saturated heterocycles. The Balaban J connectivity index is 2.10.